The van der Waals surface area contributed by atoms with Gasteiger partial charge in [-0.15, -0.1) is 0 Å². The Morgan fingerprint density at radius 3 is 2.21 bits per heavy atom. The summed E-state index contributed by atoms with van der Waals surface area (Å²) in [6, 6.07) is 1.35. The van der Waals surface area contributed by atoms with E-state index < -0.39 is 36.1 Å². The molecule has 1 aromatic rings. The topological polar surface area (TPSA) is 45.1 Å². The summed E-state index contributed by atoms with van der Waals surface area (Å²) in [7, 11) is 0. The molecule has 11 heteroatoms. The Hall–Kier alpha value is -3.50. The number of halogens is 6. The molecule has 0 N–H and O–H groups in total. The molecule has 1 aliphatic heterocycles. The highest BCUT2D eigenvalue weighted by molar-refractivity contribution is 6.00. The largest absolute Gasteiger partial charge is 0.450 e. The maximum Gasteiger partial charge on any atom is 0.416 e. The van der Waals surface area contributed by atoms with E-state index in [2.05, 4.69) is 11.5 Å². The SMILES string of the molecule is C=C/C=C\C=C1/CC=C(CN(Cc2cc(C(F)(F)F)cc(C(F)(F)F)c2)C(=O)OCC)C(N(CC)CC2CCCCC2)=N1. The predicted octanol–water partition coefficient (Wildman–Crippen LogP) is 8.94. The second-order valence-electron chi connectivity index (χ2n) is 10.7. The number of aliphatic imine (C=N–C) groups is 1. The lowest BCUT2D eigenvalue weighted by atomic mass is 9.88. The molecule has 0 bridgehead atoms. The molecule has 1 aromatic carbocycles. The highest BCUT2D eigenvalue weighted by Gasteiger charge is 2.37. The monoisotopic (exact) mass is 611 g/mol. The van der Waals surface area contributed by atoms with Gasteiger partial charge >= 0.3 is 18.4 Å². The zero-order valence-corrected chi connectivity index (χ0v) is 24.6. The molecule has 1 fully saturated rings. The highest BCUT2D eigenvalue weighted by Crippen LogP contribution is 2.37. The first-order valence-electron chi connectivity index (χ1n) is 14.6. The second-order valence-corrected chi connectivity index (χ2v) is 10.7. The van der Waals surface area contributed by atoms with Crippen molar-refractivity contribution >= 4 is 11.9 Å². The lowest BCUT2D eigenvalue weighted by Gasteiger charge is -2.34. The number of allylic oxidation sites excluding steroid dienone is 5. The van der Waals surface area contributed by atoms with Gasteiger partial charge in [0.15, 0.2) is 0 Å². The molecular weight excluding hydrogens is 572 g/mol. The molecule has 43 heavy (non-hydrogen) atoms. The molecule has 5 nitrogen and oxygen atoms in total. The van der Waals surface area contributed by atoms with E-state index in [-0.39, 0.29) is 24.8 Å². The third-order valence-electron chi connectivity index (χ3n) is 7.42. The molecule has 1 heterocycles. The Balaban J connectivity index is 1.99. The van der Waals surface area contributed by atoms with Gasteiger partial charge in [0.2, 0.25) is 0 Å². The van der Waals surface area contributed by atoms with Crippen molar-refractivity contribution in [1.29, 1.82) is 0 Å². The Kier molecular flexibility index (Phi) is 12.1. The zero-order chi connectivity index (χ0) is 31.6. The number of dihydropyridines is 1. The van der Waals surface area contributed by atoms with Gasteiger partial charge in [-0.1, -0.05) is 50.1 Å². The summed E-state index contributed by atoms with van der Waals surface area (Å²) in [5.41, 5.74) is -1.76. The first kappa shape index (κ1) is 34.0. The van der Waals surface area contributed by atoms with Crippen LogP contribution >= 0.6 is 0 Å². The maximum atomic E-state index is 13.5. The molecule has 0 saturated heterocycles. The molecule has 0 aromatic heterocycles. The third-order valence-corrected chi connectivity index (χ3v) is 7.42. The fourth-order valence-electron chi connectivity index (χ4n) is 5.32. The molecule has 0 atom stereocenters. The van der Waals surface area contributed by atoms with E-state index in [1.54, 1.807) is 19.1 Å². The van der Waals surface area contributed by atoms with E-state index in [9.17, 15) is 31.1 Å². The summed E-state index contributed by atoms with van der Waals surface area (Å²) in [5.74, 6) is 1.10. The minimum atomic E-state index is -5.00. The first-order chi connectivity index (χ1) is 20.3. The Bertz CT molecular complexity index is 1210. The number of ether oxygens (including phenoxy) is 1. The Morgan fingerprint density at radius 2 is 1.65 bits per heavy atom. The van der Waals surface area contributed by atoms with Crippen LogP contribution in [0.4, 0.5) is 31.1 Å². The Labute approximate surface area is 249 Å². The number of rotatable bonds is 10. The van der Waals surface area contributed by atoms with Crippen LogP contribution in [-0.4, -0.2) is 48.0 Å². The third kappa shape index (κ3) is 10.0. The quantitative estimate of drug-likeness (QED) is 0.196. The van der Waals surface area contributed by atoms with Crippen molar-refractivity contribution in [3.8, 4) is 0 Å². The fourth-order valence-corrected chi connectivity index (χ4v) is 5.32. The molecule has 3 rings (SSSR count). The van der Waals surface area contributed by atoms with Crippen LogP contribution in [0.15, 0.2) is 71.4 Å². The number of amidine groups is 1. The number of carbonyl (C=O) groups is 1. The van der Waals surface area contributed by atoms with Crippen LogP contribution in [0, 0.1) is 5.92 Å². The molecule has 1 amide bonds. The molecule has 0 unspecified atom stereocenters. The number of amides is 1. The molecule has 0 radical (unpaired) electrons. The minimum Gasteiger partial charge on any atom is -0.450 e. The van der Waals surface area contributed by atoms with Crippen molar-refractivity contribution in [1.82, 2.24) is 9.80 Å². The van der Waals surface area contributed by atoms with Gasteiger partial charge in [-0.2, -0.15) is 26.3 Å². The average molecular weight is 612 g/mol. The van der Waals surface area contributed by atoms with Crippen molar-refractivity contribution in [2.45, 2.75) is 71.3 Å². The van der Waals surface area contributed by atoms with Gasteiger partial charge in [-0.3, -0.25) is 4.90 Å². The van der Waals surface area contributed by atoms with Crippen LogP contribution in [0.25, 0.3) is 0 Å². The summed E-state index contributed by atoms with van der Waals surface area (Å²) in [5, 5.41) is 0. The first-order valence-corrected chi connectivity index (χ1v) is 14.6. The second kappa shape index (κ2) is 15.3. The predicted molar refractivity (Wildman–Crippen MR) is 155 cm³/mol. The van der Waals surface area contributed by atoms with Gasteiger partial charge in [-0.25, -0.2) is 9.79 Å². The van der Waals surface area contributed by atoms with Crippen LogP contribution in [0.2, 0.25) is 0 Å². The molecular formula is C32H39F6N3O2. The number of hydrogen-bond acceptors (Lipinski definition) is 4. The van der Waals surface area contributed by atoms with Gasteiger partial charge in [0, 0.05) is 37.3 Å². The van der Waals surface area contributed by atoms with Crippen molar-refractivity contribution in [2.24, 2.45) is 10.9 Å². The van der Waals surface area contributed by atoms with Crippen LogP contribution in [0.5, 0.6) is 0 Å². The van der Waals surface area contributed by atoms with E-state index in [0.717, 1.165) is 42.8 Å². The number of likely N-dealkylation sites (N-methyl/N-ethyl adjacent to an activating group) is 1. The minimum absolute atomic E-state index is 0.0169. The van der Waals surface area contributed by atoms with Crippen molar-refractivity contribution in [3.05, 3.63) is 83.1 Å². The molecule has 0 spiro atoms. The van der Waals surface area contributed by atoms with Crippen molar-refractivity contribution in [3.63, 3.8) is 0 Å². The highest BCUT2D eigenvalue weighted by atomic mass is 19.4. The summed E-state index contributed by atoms with van der Waals surface area (Å²) in [4.78, 5) is 21.2. The van der Waals surface area contributed by atoms with E-state index in [1.807, 2.05) is 25.2 Å². The normalized spacial score (nSPS) is 17.5. The number of hydrogen-bond donors (Lipinski definition) is 0. The Morgan fingerprint density at radius 1 is 1.00 bits per heavy atom. The van der Waals surface area contributed by atoms with Gasteiger partial charge in [0.05, 0.1) is 24.3 Å². The van der Waals surface area contributed by atoms with Crippen molar-refractivity contribution < 1.29 is 35.9 Å². The number of alkyl halides is 6. The molecule has 2 aliphatic rings. The lowest BCUT2D eigenvalue weighted by Crippen LogP contribution is -2.42. The van der Waals surface area contributed by atoms with E-state index >= 15 is 0 Å². The van der Waals surface area contributed by atoms with Crippen LogP contribution in [0.1, 0.15) is 69.1 Å². The number of carbonyl (C=O) groups excluding carboxylic acids is 1. The average Bonchev–Trinajstić information content (AvgIpc) is 2.96. The van der Waals surface area contributed by atoms with Gasteiger partial charge in [-0.05, 0) is 62.4 Å². The smallest absolute Gasteiger partial charge is 0.416 e. The molecule has 1 aliphatic carbocycles. The fraction of sp³-hybridized carbons (Fsp3) is 0.500. The summed E-state index contributed by atoms with van der Waals surface area (Å²) in [6.07, 6.45) is 4.28. The van der Waals surface area contributed by atoms with Crippen LogP contribution < -0.4 is 0 Å². The van der Waals surface area contributed by atoms with E-state index in [0.29, 0.717) is 42.4 Å². The molecule has 1 saturated carbocycles. The van der Waals surface area contributed by atoms with Crippen molar-refractivity contribution in [2.75, 3.05) is 26.2 Å². The van der Waals surface area contributed by atoms with Crippen LogP contribution in [0.3, 0.4) is 0 Å². The van der Waals surface area contributed by atoms with Gasteiger partial charge < -0.3 is 9.64 Å². The van der Waals surface area contributed by atoms with Gasteiger partial charge in [0.1, 0.15) is 5.84 Å². The van der Waals surface area contributed by atoms with Crippen LogP contribution in [-0.2, 0) is 23.6 Å². The van der Waals surface area contributed by atoms with E-state index in [4.69, 9.17) is 9.73 Å². The summed E-state index contributed by atoms with van der Waals surface area (Å²) < 4.78 is 86.3. The van der Waals surface area contributed by atoms with Gasteiger partial charge in [0.25, 0.3) is 0 Å². The molecule has 236 valence electrons. The van der Waals surface area contributed by atoms with E-state index in [1.165, 1.54) is 6.42 Å². The number of nitrogens with zero attached hydrogens (tertiary/aromatic N) is 3. The number of benzene rings is 1. The lowest BCUT2D eigenvalue weighted by molar-refractivity contribution is -0.143. The summed E-state index contributed by atoms with van der Waals surface area (Å²) >= 11 is 0. The maximum absolute atomic E-state index is 13.5. The standard InChI is InChI=1S/C32H39F6N3O2/c1-4-7-9-14-28-16-15-25(29(39-28)40(5-2)20-23-12-10-8-11-13-23)22-41(30(42)43-6-3)21-24-17-26(31(33,34)35)19-27(18-24)32(36,37)38/h4,7,9,14-15,17-19,23H,1,5-6,8,10-13,16,20-22H2,2-3H3/b9-7-,28-14+. The zero-order valence-electron chi connectivity index (χ0n) is 24.6. The summed E-state index contributed by atoms with van der Waals surface area (Å²) in [6.45, 7) is 7.99.